The fourth-order valence-corrected chi connectivity index (χ4v) is 2.66. The maximum Gasteiger partial charge on any atom is 0.183 e. The summed E-state index contributed by atoms with van der Waals surface area (Å²) in [5.41, 5.74) is 0. The van der Waals surface area contributed by atoms with E-state index in [1.165, 1.54) is 4.88 Å². The van der Waals surface area contributed by atoms with Gasteiger partial charge in [0.05, 0.1) is 6.04 Å². The van der Waals surface area contributed by atoms with Gasteiger partial charge >= 0.3 is 0 Å². The molecule has 72 valence electrons. The Labute approximate surface area is 86.7 Å². The molecule has 1 saturated heterocycles. The van der Waals surface area contributed by atoms with E-state index in [9.17, 15) is 0 Å². The second-order valence-corrected chi connectivity index (χ2v) is 4.86. The van der Waals surface area contributed by atoms with Crippen molar-refractivity contribution in [3.05, 3.63) is 15.5 Å². The van der Waals surface area contributed by atoms with Crippen LogP contribution in [0.2, 0.25) is 4.47 Å². The van der Waals surface area contributed by atoms with Crippen LogP contribution in [-0.2, 0) is 0 Å². The summed E-state index contributed by atoms with van der Waals surface area (Å²) in [7, 11) is 2.14. The van der Waals surface area contributed by atoms with Crippen LogP contribution in [0.25, 0.3) is 0 Å². The normalized spacial score (nSPS) is 24.9. The van der Waals surface area contributed by atoms with Crippen LogP contribution >= 0.6 is 22.9 Å². The molecule has 1 N–H and O–H groups in total. The number of aromatic nitrogens is 1. The van der Waals surface area contributed by atoms with Gasteiger partial charge in [-0.25, -0.2) is 4.98 Å². The summed E-state index contributed by atoms with van der Waals surface area (Å²) < 4.78 is 0.633. The highest BCUT2D eigenvalue weighted by atomic mass is 35.5. The molecule has 0 radical (unpaired) electrons. The Morgan fingerprint density at radius 2 is 2.62 bits per heavy atom. The van der Waals surface area contributed by atoms with Crippen molar-refractivity contribution in [3.63, 3.8) is 0 Å². The zero-order valence-electron chi connectivity index (χ0n) is 7.46. The van der Waals surface area contributed by atoms with Gasteiger partial charge in [-0.3, -0.25) is 4.90 Å². The van der Waals surface area contributed by atoms with Gasteiger partial charge in [-0.1, -0.05) is 11.6 Å². The number of halogens is 1. The van der Waals surface area contributed by atoms with E-state index in [0.717, 1.165) is 19.6 Å². The van der Waals surface area contributed by atoms with Crippen molar-refractivity contribution in [2.24, 2.45) is 0 Å². The minimum atomic E-state index is 0.443. The number of piperazine rings is 1. The molecule has 1 aliphatic heterocycles. The summed E-state index contributed by atoms with van der Waals surface area (Å²) in [6.07, 6.45) is 1.88. The maximum atomic E-state index is 5.80. The molecular weight excluding hydrogens is 206 g/mol. The van der Waals surface area contributed by atoms with Crippen molar-refractivity contribution < 1.29 is 0 Å². The fourth-order valence-electron chi connectivity index (χ4n) is 1.54. The SMILES string of the molecule is CN1CCNCC1c1cnc(Cl)s1. The first kappa shape index (κ1) is 9.40. The summed E-state index contributed by atoms with van der Waals surface area (Å²) in [5, 5.41) is 3.37. The van der Waals surface area contributed by atoms with Crippen molar-refractivity contribution >= 4 is 22.9 Å². The van der Waals surface area contributed by atoms with Crippen molar-refractivity contribution in [2.45, 2.75) is 6.04 Å². The number of nitrogens with zero attached hydrogens (tertiary/aromatic N) is 2. The van der Waals surface area contributed by atoms with Gasteiger partial charge < -0.3 is 5.32 Å². The third-order valence-corrected chi connectivity index (χ3v) is 3.55. The van der Waals surface area contributed by atoms with Crippen LogP contribution in [0, 0.1) is 0 Å². The molecule has 1 aromatic rings. The largest absolute Gasteiger partial charge is 0.314 e. The molecule has 0 amide bonds. The van der Waals surface area contributed by atoms with Crippen LogP contribution in [0.1, 0.15) is 10.9 Å². The first-order chi connectivity index (χ1) is 6.27. The van der Waals surface area contributed by atoms with Crippen LogP contribution in [0.15, 0.2) is 6.20 Å². The van der Waals surface area contributed by atoms with Gasteiger partial charge in [0.25, 0.3) is 0 Å². The van der Waals surface area contributed by atoms with Crippen LogP contribution in [0.3, 0.4) is 0 Å². The molecule has 0 aliphatic carbocycles. The molecule has 2 rings (SSSR count). The first-order valence-electron chi connectivity index (χ1n) is 4.29. The number of nitrogens with one attached hydrogen (secondary N) is 1. The zero-order chi connectivity index (χ0) is 9.26. The average molecular weight is 218 g/mol. The molecule has 2 heterocycles. The van der Waals surface area contributed by atoms with E-state index in [2.05, 4.69) is 22.2 Å². The van der Waals surface area contributed by atoms with Crippen LogP contribution in [-0.4, -0.2) is 36.6 Å². The van der Waals surface area contributed by atoms with E-state index in [-0.39, 0.29) is 0 Å². The second-order valence-electron chi connectivity index (χ2n) is 3.22. The lowest BCUT2D eigenvalue weighted by Gasteiger charge is -2.31. The number of thiazole rings is 1. The van der Waals surface area contributed by atoms with E-state index in [1.54, 1.807) is 11.3 Å². The van der Waals surface area contributed by atoms with Crippen LogP contribution < -0.4 is 5.32 Å². The highest BCUT2D eigenvalue weighted by molar-refractivity contribution is 7.15. The molecule has 0 spiro atoms. The molecule has 1 aromatic heterocycles. The fraction of sp³-hybridized carbons (Fsp3) is 0.625. The van der Waals surface area contributed by atoms with E-state index in [0.29, 0.717) is 10.5 Å². The Kier molecular flexibility index (Phi) is 2.83. The molecule has 0 bridgehead atoms. The molecule has 0 aromatic carbocycles. The third-order valence-electron chi connectivity index (χ3n) is 2.33. The Balaban J connectivity index is 2.14. The number of hydrogen-bond acceptors (Lipinski definition) is 4. The third kappa shape index (κ3) is 2.02. The van der Waals surface area contributed by atoms with Crippen molar-refractivity contribution in [3.8, 4) is 0 Å². The molecule has 1 atom stereocenters. The minimum Gasteiger partial charge on any atom is -0.314 e. The second kappa shape index (κ2) is 3.92. The summed E-state index contributed by atoms with van der Waals surface area (Å²) in [6.45, 7) is 3.15. The summed E-state index contributed by atoms with van der Waals surface area (Å²) in [5.74, 6) is 0. The molecule has 1 unspecified atom stereocenters. The Bertz CT molecular complexity index is 289. The number of likely N-dealkylation sites (N-methyl/N-ethyl adjacent to an activating group) is 1. The number of hydrogen-bond donors (Lipinski definition) is 1. The Morgan fingerprint density at radius 1 is 1.77 bits per heavy atom. The predicted octanol–water partition coefficient (Wildman–Crippen LogP) is 1.37. The maximum absolute atomic E-state index is 5.80. The van der Waals surface area contributed by atoms with Gasteiger partial charge in [0, 0.05) is 30.7 Å². The molecule has 1 aliphatic rings. The average Bonchev–Trinajstić information content (AvgIpc) is 2.53. The van der Waals surface area contributed by atoms with E-state index in [1.807, 2.05) is 6.20 Å². The molecule has 0 saturated carbocycles. The number of rotatable bonds is 1. The van der Waals surface area contributed by atoms with Gasteiger partial charge in [0.15, 0.2) is 4.47 Å². The molecule has 5 heteroatoms. The zero-order valence-corrected chi connectivity index (χ0v) is 9.03. The molecule has 3 nitrogen and oxygen atoms in total. The highest BCUT2D eigenvalue weighted by Crippen LogP contribution is 2.28. The van der Waals surface area contributed by atoms with Gasteiger partial charge in [-0.05, 0) is 7.05 Å². The van der Waals surface area contributed by atoms with Crippen molar-refractivity contribution in [1.82, 2.24) is 15.2 Å². The summed E-state index contributed by atoms with van der Waals surface area (Å²) in [4.78, 5) is 7.64. The monoisotopic (exact) mass is 217 g/mol. The topological polar surface area (TPSA) is 28.2 Å². The lowest BCUT2D eigenvalue weighted by atomic mass is 10.2. The highest BCUT2D eigenvalue weighted by Gasteiger charge is 2.21. The summed E-state index contributed by atoms with van der Waals surface area (Å²) >= 11 is 7.37. The van der Waals surface area contributed by atoms with E-state index in [4.69, 9.17) is 11.6 Å². The van der Waals surface area contributed by atoms with E-state index >= 15 is 0 Å². The van der Waals surface area contributed by atoms with Gasteiger partial charge in [-0.2, -0.15) is 0 Å². The van der Waals surface area contributed by atoms with Gasteiger partial charge in [-0.15, -0.1) is 11.3 Å². The molecular formula is C8H12ClN3S. The lowest BCUT2D eigenvalue weighted by Crippen LogP contribution is -2.43. The van der Waals surface area contributed by atoms with Crippen molar-refractivity contribution in [2.75, 3.05) is 26.7 Å². The van der Waals surface area contributed by atoms with Gasteiger partial charge in [0.2, 0.25) is 0 Å². The van der Waals surface area contributed by atoms with E-state index < -0.39 is 0 Å². The lowest BCUT2D eigenvalue weighted by molar-refractivity contribution is 0.205. The molecule has 1 fully saturated rings. The predicted molar refractivity (Wildman–Crippen MR) is 55.4 cm³/mol. The minimum absolute atomic E-state index is 0.443. The molecule has 13 heavy (non-hydrogen) atoms. The van der Waals surface area contributed by atoms with Crippen LogP contribution in [0.4, 0.5) is 0 Å². The smallest absolute Gasteiger partial charge is 0.183 e. The first-order valence-corrected chi connectivity index (χ1v) is 5.49. The van der Waals surface area contributed by atoms with Crippen LogP contribution in [0.5, 0.6) is 0 Å². The quantitative estimate of drug-likeness (QED) is 0.771. The summed E-state index contributed by atoms with van der Waals surface area (Å²) in [6, 6.07) is 0.443. The van der Waals surface area contributed by atoms with Crippen molar-refractivity contribution in [1.29, 1.82) is 0 Å². The van der Waals surface area contributed by atoms with Gasteiger partial charge in [0.1, 0.15) is 0 Å². The Morgan fingerprint density at radius 3 is 3.23 bits per heavy atom. The standard InChI is InChI=1S/C8H12ClN3S/c1-12-3-2-10-4-6(12)7-5-11-8(9)13-7/h5-6,10H,2-4H2,1H3. The Hall–Kier alpha value is -0.160.